The average molecular weight is 346 g/mol. The summed E-state index contributed by atoms with van der Waals surface area (Å²) in [6, 6.07) is 11.7. The minimum atomic E-state index is -0.162. The molecule has 2 atom stereocenters. The fourth-order valence-electron chi connectivity index (χ4n) is 3.87. The second kappa shape index (κ2) is 6.15. The number of fused-ring (bicyclic) bond motifs is 1. The summed E-state index contributed by atoms with van der Waals surface area (Å²) in [6.45, 7) is 3.98. The van der Waals surface area contributed by atoms with E-state index in [0.717, 1.165) is 27.8 Å². The molecule has 2 aromatic carbocycles. The molecule has 2 aliphatic rings. The number of hydrogen-bond acceptors (Lipinski definition) is 4. The lowest BCUT2D eigenvalue weighted by Crippen LogP contribution is -2.10. The van der Waals surface area contributed by atoms with Crippen molar-refractivity contribution in [3.05, 3.63) is 102 Å². The van der Waals surface area contributed by atoms with Crippen LogP contribution in [-0.2, 0) is 4.74 Å². The lowest BCUT2D eigenvalue weighted by molar-refractivity contribution is 0.390. The normalized spacial score (nSPS) is 21.2. The standard InChI is InChI=1S/C22H18O4/c1-2-18-19-7-8-26-12-20(19)22(14-9-16(24)11-17(25)10-14)21(18)13-3-5-15(23)6-4-13/h2-12,21-25H,1H2. The van der Waals surface area contributed by atoms with Crippen molar-refractivity contribution in [1.29, 1.82) is 0 Å². The Kier molecular flexibility index (Phi) is 3.81. The van der Waals surface area contributed by atoms with Gasteiger partial charge in [0.15, 0.2) is 0 Å². The molecule has 0 saturated heterocycles. The molecule has 26 heavy (non-hydrogen) atoms. The van der Waals surface area contributed by atoms with Gasteiger partial charge in [-0.25, -0.2) is 0 Å². The molecule has 3 N–H and O–H groups in total. The van der Waals surface area contributed by atoms with Gasteiger partial charge in [-0.05, 0) is 52.6 Å². The lowest BCUT2D eigenvalue weighted by atomic mass is 9.79. The van der Waals surface area contributed by atoms with Crippen molar-refractivity contribution < 1.29 is 20.1 Å². The van der Waals surface area contributed by atoms with Crippen molar-refractivity contribution in [3.8, 4) is 17.2 Å². The van der Waals surface area contributed by atoms with Crippen LogP contribution in [-0.4, -0.2) is 15.3 Å². The summed E-state index contributed by atoms with van der Waals surface area (Å²) in [7, 11) is 0. The van der Waals surface area contributed by atoms with Crippen LogP contribution in [0.4, 0.5) is 0 Å². The van der Waals surface area contributed by atoms with Crippen molar-refractivity contribution in [2.24, 2.45) is 0 Å². The number of hydrogen-bond donors (Lipinski definition) is 3. The van der Waals surface area contributed by atoms with Crippen molar-refractivity contribution in [1.82, 2.24) is 0 Å². The molecule has 4 nitrogen and oxygen atoms in total. The third kappa shape index (κ3) is 2.56. The molecule has 1 heterocycles. The largest absolute Gasteiger partial charge is 0.508 e. The van der Waals surface area contributed by atoms with Crippen LogP contribution in [0.15, 0.2) is 90.4 Å². The first-order valence-electron chi connectivity index (χ1n) is 8.29. The van der Waals surface area contributed by atoms with Crippen molar-refractivity contribution in [2.45, 2.75) is 11.8 Å². The van der Waals surface area contributed by atoms with Gasteiger partial charge in [0.25, 0.3) is 0 Å². The molecule has 0 saturated carbocycles. The van der Waals surface area contributed by atoms with Gasteiger partial charge >= 0.3 is 0 Å². The van der Waals surface area contributed by atoms with E-state index in [1.807, 2.05) is 24.3 Å². The maximum Gasteiger partial charge on any atom is 0.119 e. The van der Waals surface area contributed by atoms with E-state index in [9.17, 15) is 15.3 Å². The Morgan fingerprint density at radius 1 is 0.846 bits per heavy atom. The Morgan fingerprint density at radius 3 is 2.19 bits per heavy atom. The number of phenols is 3. The average Bonchev–Trinajstić information content (AvgIpc) is 2.96. The van der Waals surface area contributed by atoms with Crippen LogP contribution in [0.5, 0.6) is 17.2 Å². The predicted molar refractivity (Wildman–Crippen MR) is 98.9 cm³/mol. The fraction of sp³-hybridized carbons (Fsp3) is 0.0909. The van der Waals surface area contributed by atoms with Crippen LogP contribution in [0.25, 0.3) is 0 Å². The van der Waals surface area contributed by atoms with Crippen LogP contribution < -0.4 is 0 Å². The molecular formula is C22H18O4. The van der Waals surface area contributed by atoms with Gasteiger partial charge in [0.05, 0.1) is 12.5 Å². The number of rotatable bonds is 3. The molecule has 0 fully saturated rings. The molecule has 0 aromatic heterocycles. The van der Waals surface area contributed by atoms with E-state index >= 15 is 0 Å². The van der Waals surface area contributed by atoms with E-state index in [0.29, 0.717) is 0 Å². The summed E-state index contributed by atoms with van der Waals surface area (Å²) in [5.74, 6) is -0.0322. The highest BCUT2D eigenvalue weighted by Crippen LogP contribution is 2.54. The van der Waals surface area contributed by atoms with Gasteiger partial charge < -0.3 is 20.1 Å². The molecule has 0 radical (unpaired) electrons. The third-order valence-electron chi connectivity index (χ3n) is 4.89. The van der Waals surface area contributed by atoms with Gasteiger partial charge in [-0.1, -0.05) is 24.8 Å². The smallest absolute Gasteiger partial charge is 0.119 e. The first-order chi connectivity index (χ1) is 12.6. The van der Waals surface area contributed by atoms with Gasteiger partial charge in [-0.15, -0.1) is 0 Å². The van der Waals surface area contributed by atoms with E-state index in [4.69, 9.17) is 4.74 Å². The fourth-order valence-corrected chi connectivity index (χ4v) is 3.87. The van der Waals surface area contributed by atoms with Crippen LogP contribution in [0.3, 0.4) is 0 Å². The van der Waals surface area contributed by atoms with Crippen molar-refractivity contribution in [3.63, 3.8) is 0 Å². The zero-order valence-electron chi connectivity index (χ0n) is 14.0. The molecule has 0 bridgehead atoms. The molecule has 1 aliphatic heterocycles. The molecule has 2 unspecified atom stereocenters. The molecule has 2 aromatic rings. The van der Waals surface area contributed by atoms with Crippen LogP contribution >= 0.6 is 0 Å². The van der Waals surface area contributed by atoms with Gasteiger partial charge in [0.1, 0.15) is 17.2 Å². The number of allylic oxidation sites excluding steroid dienone is 5. The minimum Gasteiger partial charge on any atom is -0.508 e. The van der Waals surface area contributed by atoms with Gasteiger partial charge in [-0.2, -0.15) is 0 Å². The molecular weight excluding hydrogens is 328 g/mol. The lowest BCUT2D eigenvalue weighted by Gasteiger charge is -2.24. The first-order valence-corrected chi connectivity index (χ1v) is 8.29. The third-order valence-corrected chi connectivity index (χ3v) is 4.89. The van der Waals surface area contributed by atoms with Crippen LogP contribution in [0, 0.1) is 0 Å². The van der Waals surface area contributed by atoms with Gasteiger partial charge in [0.2, 0.25) is 0 Å². The molecule has 0 spiro atoms. The number of aromatic hydroxyl groups is 3. The van der Waals surface area contributed by atoms with Crippen molar-refractivity contribution in [2.75, 3.05) is 0 Å². The highest BCUT2D eigenvalue weighted by Gasteiger charge is 2.40. The van der Waals surface area contributed by atoms with Crippen LogP contribution in [0.1, 0.15) is 23.0 Å². The minimum absolute atomic E-state index is 0.00549. The predicted octanol–water partition coefficient (Wildman–Crippen LogP) is 4.59. The van der Waals surface area contributed by atoms with Crippen LogP contribution in [0.2, 0.25) is 0 Å². The molecule has 4 rings (SSSR count). The Balaban J connectivity index is 1.93. The van der Waals surface area contributed by atoms with Gasteiger partial charge in [-0.3, -0.25) is 0 Å². The summed E-state index contributed by atoms with van der Waals surface area (Å²) >= 11 is 0. The number of ether oxygens (including phenoxy) is 1. The molecule has 130 valence electrons. The summed E-state index contributed by atoms with van der Waals surface area (Å²) in [5, 5.41) is 29.6. The molecule has 1 aliphatic carbocycles. The van der Waals surface area contributed by atoms with E-state index < -0.39 is 0 Å². The Morgan fingerprint density at radius 2 is 1.54 bits per heavy atom. The zero-order chi connectivity index (χ0) is 18.3. The SMILES string of the molecule is C=CC1=C2C=COC=C2C(c2cc(O)cc(O)c2)C1c1ccc(O)cc1. The maximum absolute atomic E-state index is 9.98. The molecule has 4 heteroatoms. The zero-order valence-corrected chi connectivity index (χ0v) is 14.0. The second-order valence-electron chi connectivity index (χ2n) is 6.41. The van der Waals surface area contributed by atoms with Gasteiger partial charge in [0, 0.05) is 23.5 Å². The summed E-state index contributed by atoms with van der Waals surface area (Å²) in [6.07, 6.45) is 7.06. The second-order valence-corrected chi connectivity index (χ2v) is 6.41. The summed E-state index contributed by atoms with van der Waals surface area (Å²) < 4.78 is 5.42. The number of benzene rings is 2. The van der Waals surface area contributed by atoms with E-state index in [1.165, 1.54) is 6.07 Å². The Bertz CT molecular complexity index is 944. The van der Waals surface area contributed by atoms with Crippen molar-refractivity contribution >= 4 is 0 Å². The van der Waals surface area contributed by atoms with E-state index in [2.05, 4.69) is 6.58 Å². The summed E-state index contributed by atoms with van der Waals surface area (Å²) in [5.41, 5.74) is 4.80. The number of phenolic OH excluding ortho intramolecular Hbond substituents is 3. The highest BCUT2D eigenvalue weighted by molar-refractivity contribution is 5.64. The quantitative estimate of drug-likeness (QED) is 0.760. The van der Waals surface area contributed by atoms with E-state index in [1.54, 1.807) is 36.8 Å². The topological polar surface area (TPSA) is 69.9 Å². The highest BCUT2D eigenvalue weighted by atomic mass is 16.5. The Labute approximate surface area is 151 Å². The first kappa shape index (κ1) is 16.1. The Hall–Kier alpha value is -3.40. The molecule has 0 amide bonds. The van der Waals surface area contributed by atoms with E-state index in [-0.39, 0.29) is 29.1 Å². The summed E-state index contributed by atoms with van der Waals surface area (Å²) in [4.78, 5) is 0. The maximum atomic E-state index is 9.98. The monoisotopic (exact) mass is 346 g/mol.